The van der Waals surface area contributed by atoms with Crippen LogP contribution in [0.4, 0.5) is 0 Å². The zero-order valence-electron chi connectivity index (χ0n) is 11.1. The molecule has 1 unspecified atom stereocenters. The standard InChI is InChI=1S/C14H13N3S4/c18-14-17(15-8-21-14)9-16-5-3-11-10(4-7-20-11)13(16)12-2-1-6-19-12/h1-2,4,6-8,13H,3,5,9H2. The fourth-order valence-electron chi connectivity index (χ4n) is 2.80. The van der Waals surface area contributed by atoms with E-state index in [9.17, 15) is 0 Å². The lowest BCUT2D eigenvalue weighted by Crippen LogP contribution is -2.36. The van der Waals surface area contributed by atoms with Crippen LogP contribution in [0, 0.1) is 3.95 Å². The largest absolute Gasteiger partial charge is 0.272 e. The Kier molecular flexibility index (Phi) is 3.76. The normalized spacial score (nSPS) is 18.8. The molecule has 7 heteroatoms. The SMILES string of the molecule is S=c1scnn1CN1CCc2sccc2C1c1cccs1. The van der Waals surface area contributed by atoms with Crippen LogP contribution in [0.3, 0.4) is 0 Å². The summed E-state index contributed by atoms with van der Waals surface area (Å²) in [6.45, 7) is 1.82. The molecule has 0 aromatic carbocycles. The number of fused-ring (bicyclic) bond motifs is 1. The van der Waals surface area contributed by atoms with E-state index in [1.165, 1.54) is 26.7 Å². The molecular weight excluding hydrogens is 338 g/mol. The summed E-state index contributed by atoms with van der Waals surface area (Å²) in [5, 5.41) is 8.73. The summed E-state index contributed by atoms with van der Waals surface area (Å²) in [7, 11) is 0. The van der Waals surface area contributed by atoms with E-state index in [4.69, 9.17) is 12.2 Å². The van der Waals surface area contributed by atoms with Crippen LogP contribution in [0.15, 0.2) is 34.5 Å². The van der Waals surface area contributed by atoms with Crippen molar-refractivity contribution in [2.75, 3.05) is 6.54 Å². The Balaban J connectivity index is 1.73. The lowest BCUT2D eigenvalue weighted by molar-refractivity contribution is 0.159. The van der Waals surface area contributed by atoms with Crippen LogP contribution in [0.5, 0.6) is 0 Å². The van der Waals surface area contributed by atoms with E-state index in [1.807, 2.05) is 32.9 Å². The summed E-state index contributed by atoms with van der Waals surface area (Å²) >= 11 is 10.6. The highest BCUT2D eigenvalue weighted by molar-refractivity contribution is 7.73. The van der Waals surface area contributed by atoms with Crippen molar-refractivity contribution in [1.29, 1.82) is 0 Å². The van der Waals surface area contributed by atoms with Gasteiger partial charge in [0, 0.05) is 16.3 Å². The Bertz CT molecular complexity index is 783. The van der Waals surface area contributed by atoms with Crippen LogP contribution in [-0.4, -0.2) is 21.2 Å². The topological polar surface area (TPSA) is 21.1 Å². The van der Waals surface area contributed by atoms with Gasteiger partial charge >= 0.3 is 0 Å². The van der Waals surface area contributed by atoms with E-state index >= 15 is 0 Å². The molecule has 0 N–H and O–H groups in total. The average Bonchev–Trinajstić information content (AvgIpc) is 3.21. The van der Waals surface area contributed by atoms with Crippen LogP contribution < -0.4 is 0 Å². The van der Waals surface area contributed by atoms with Gasteiger partial charge in [-0.3, -0.25) is 4.90 Å². The van der Waals surface area contributed by atoms with Gasteiger partial charge < -0.3 is 0 Å². The molecule has 1 atom stereocenters. The summed E-state index contributed by atoms with van der Waals surface area (Å²) in [6, 6.07) is 6.98. The number of hydrogen-bond acceptors (Lipinski definition) is 6. The van der Waals surface area contributed by atoms with Gasteiger partial charge in [-0.05, 0) is 47.1 Å². The highest BCUT2D eigenvalue weighted by Crippen LogP contribution is 2.39. The third-order valence-corrected chi connectivity index (χ3v) is 6.78. The molecule has 0 amide bonds. The molecule has 3 nitrogen and oxygen atoms in total. The average molecular weight is 352 g/mol. The molecular formula is C14H13N3S4. The second-order valence-electron chi connectivity index (χ2n) is 4.93. The molecule has 4 rings (SSSR count). The lowest BCUT2D eigenvalue weighted by atomic mass is 9.99. The van der Waals surface area contributed by atoms with E-state index in [1.54, 1.807) is 0 Å². The zero-order chi connectivity index (χ0) is 14.2. The van der Waals surface area contributed by atoms with Crippen LogP contribution in [0.25, 0.3) is 0 Å². The van der Waals surface area contributed by atoms with Gasteiger partial charge in [0.15, 0.2) is 3.95 Å². The lowest BCUT2D eigenvalue weighted by Gasteiger charge is -2.35. The molecule has 1 aliphatic heterocycles. The smallest absolute Gasteiger partial charge is 0.180 e. The highest BCUT2D eigenvalue weighted by atomic mass is 32.1. The van der Waals surface area contributed by atoms with Crippen LogP contribution >= 0.6 is 46.2 Å². The zero-order valence-corrected chi connectivity index (χ0v) is 14.4. The summed E-state index contributed by atoms with van der Waals surface area (Å²) in [5.74, 6) is 0. The molecule has 3 aromatic heterocycles. The van der Waals surface area contributed by atoms with Crippen LogP contribution in [-0.2, 0) is 13.1 Å². The monoisotopic (exact) mass is 351 g/mol. The van der Waals surface area contributed by atoms with Crippen LogP contribution in [0.1, 0.15) is 21.4 Å². The molecule has 108 valence electrons. The first-order valence-electron chi connectivity index (χ1n) is 6.67. The van der Waals surface area contributed by atoms with Crippen molar-refractivity contribution in [3.63, 3.8) is 0 Å². The molecule has 21 heavy (non-hydrogen) atoms. The van der Waals surface area contributed by atoms with Gasteiger partial charge in [-0.1, -0.05) is 17.4 Å². The second kappa shape index (κ2) is 5.73. The third-order valence-electron chi connectivity index (χ3n) is 3.74. The first-order chi connectivity index (χ1) is 10.3. The first-order valence-corrected chi connectivity index (χ1v) is 9.72. The number of nitrogens with zero attached hydrogens (tertiary/aromatic N) is 3. The predicted molar refractivity (Wildman–Crippen MR) is 91.8 cm³/mol. The van der Waals surface area contributed by atoms with E-state index in [-0.39, 0.29) is 0 Å². The maximum atomic E-state index is 5.35. The summed E-state index contributed by atoms with van der Waals surface area (Å²) in [5.41, 5.74) is 3.28. The summed E-state index contributed by atoms with van der Waals surface area (Å²) < 4.78 is 2.77. The van der Waals surface area contributed by atoms with E-state index in [2.05, 4.69) is 39.0 Å². The minimum Gasteiger partial charge on any atom is -0.272 e. The predicted octanol–water partition coefficient (Wildman–Crippen LogP) is 4.40. The molecule has 0 saturated carbocycles. The molecule has 3 aromatic rings. The van der Waals surface area contributed by atoms with Gasteiger partial charge in [0.25, 0.3) is 0 Å². The Morgan fingerprint density at radius 2 is 2.19 bits per heavy atom. The maximum Gasteiger partial charge on any atom is 0.180 e. The number of aromatic nitrogens is 2. The minimum atomic E-state index is 0.337. The quantitative estimate of drug-likeness (QED) is 0.653. The minimum absolute atomic E-state index is 0.337. The molecule has 0 radical (unpaired) electrons. The molecule has 0 saturated heterocycles. The maximum absolute atomic E-state index is 5.35. The number of thiophene rings is 2. The third kappa shape index (κ3) is 2.53. The summed E-state index contributed by atoms with van der Waals surface area (Å²) in [4.78, 5) is 5.40. The van der Waals surface area contributed by atoms with Gasteiger partial charge in [-0.2, -0.15) is 5.10 Å². The van der Waals surface area contributed by atoms with Crippen molar-refractivity contribution in [1.82, 2.24) is 14.7 Å². The van der Waals surface area contributed by atoms with Gasteiger partial charge in [-0.15, -0.1) is 22.7 Å². The van der Waals surface area contributed by atoms with E-state index < -0.39 is 0 Å². The van der Waals surface area contributed by atoms with Gasteiger partial charge in [0.2, 0.25) is 0 Å². The molecule has 0 fully saturated rings. The van der Waals surface area contributed by atoms with E-state index in [0.717, 1.165) is 23.6 Å². The number of rotatable bonds is 3. The molecule has 0 aliphatic carbocycles. The number of hydrogen-bond donors (Lipinski definition) is 0. The summed E-state index contributed by atoms with van der Waals surface area (Å²) in [6.07, 6.45) is 1.12. The fourth-order valence-corrected chi connectivity index (χ4v) is 5.29. The van der Waals surface area contributed by atoms with Crippen molar-refractivity contribution < 1.29 is 0 Å². The van der Waals surface area contributed by atoms with Gasteiger partial charge in [-0.25, -0.2) is 4.68 Å². The van der Waals surface area contributed by atoms with Crippen molar-refractivity contribution in [3.05, 3.63) is 53.7 Å². The van der Waals surface area contributed by atoms with Crippen LogP contribution in [0.2, 0.25) is 0 Å². The molecule has 0 spiro atoms. The van der Waals surface area contributed by atoms with Gasteiger partial charge in [0.05, 0.1) is 12.7 Å². The Hall–Kier alpha value is -0.860. The van der Waals surface area contributed by atoms with Crippen molar-refractivity contribution in [2.24, 2.45) is 0 Å². The Labute approximate surface area is 140 Å². The van der Waals surface area contributed by atoms with Crippen molar-refractivity contribution in [3.8, 4) is 0 Å². The Morgan fingerprint density at radius 1 is 1.24 bits per heavy atom. The van der Waals surface area contributed by atoms with Crippen molar-refractivity contribution >= 4 is 46.2 Å². The van der Waals surface area contributed by atoms with Gasteiger partial charge in [0.1, 0.15) is 5.51 Å². The molecule has 1 aliphatic rings. The Morgan fingerprint density at radius 3 is 2.95 bits per heavy atom. The first kappa shape index (κ1) is 13.8. The molecule has 4 heterocycles. The highest BCUT2D eigenvalue weighted by Gasteiger charge is 2.30. The second-order valence-corrected chi connectivity index (χ2v) is 8.38. The molecule has 0 bridgehead atoms. The fraction of sp³-hybridized carbons (Fsp3) is 0.286. The van der Waals surface area contributed by atoms with Crippen molar-refractivity contribution in [2.45, 2.75) is 19.1 Å². The van der Waals surface area contributed by atoms with E-state index in [0.29, 0.717) is 6.04 Å².